The number of ether oxygens (including phenoxy) is 2. The lowest BCUT2D eigenvalue weighted by Crippen LogP contribution is -2.10. The Balaban J connectivity index is 0.000000367. The Kier molecular flexibility index (Phi) is 8.24. The Morgan fingerprint density at radius 3 is 2.27 bits per heavy atom. The number of halogens is 3. The maximum atomic E-state index is 12.8. The molecule has 0 aliphatic carbocycles. The van der Waals surface area contributed by atoms with E-state index < -0.39 is 22.4 Å². The van der Waals surface area contributed by atoms with Gasteiger partial charge in [0.05, 0.1) is 26.1 Å². The lowest BCUT2D eigenvalue weighted by Gasteiger charge is -2.08. The number of esters is 1. The van der Waals surface area contributed by atoms with Crippen molar-refractivity contribution in [2.45, 2.75) is 13.5 Å². The van der Waals surface area contributed by atoms with Gasteiger partial charge in [0.15, 0.2) is 11.3 Å². The summed E-state index contributed by atoms with van der Waals surface area (Å²) in [6, 6.07) is 10.5. The van der Waals surface area contributed by atoms with E-state index >= 15 is 0 Å². The van der Waals surface area contributed by atoms with E-state index in [1.54, 1.807) is 6.20 Å². The molecular weight excluding hydrogens is 570 g/mol. The maximum absolute atomic E-state index is 12.8. The van der Waals surface area contributed by atoms with Crippen LogP contribution in [0, 0.1) is 27.2 Å². The second-order valence-electron chi connectivity index (χ2n) is 8.23. The first kappa shape index (κ1) is 28.6. The smallest absolute Gasteiger partial charge is 0.387 e. The summed E-state index contributed by atoms with van der Waals surface area (Å²) in [7, 11) is 0. The fraction of sp³-hybridized carbons (Fsp3) is 0.0769. The van der Waals surface area contributed by atoms with Crippen molar-refractivity contribution < 1.29 is 37.3 Å². The summed E-state index contributed by atoms with van der Waals surface area (Å²) in [6.07, 6.45) is 3.21. The number of aryl methyl sites for hydroxylation is 1. The number of carbonyl (C=O) groups excluding carboxylic acids is 1. The second kappa shape index (κ2) is 11.8. The number of non-ortho nitro benzene ring substituents is 2. The number of rotatable bonds is 6. The van der Waals surface area contributed by atoms with Crippen molar-refractivity contribution in [3.8, 4) is 11.5 Å². The second-order valence-corrected chi connectivity index (χ2v) is 8.63. The Bertz CT molecular complexity index is 1770. The van der Waals surface area contributed by atoms with Crippen LogP contribution in [0.3, 0.4) is 0 Å². The highest BCUT2D eigenvalue weighted by Crippen LogP contribution is 2.39. The molecule has 210 valence electrons. The van der Waals surface area contributed by atoms with Crippen molar-refractivity contribution in [3.63, 3.8) is 0 Å². The van der Waals surface area contributed by atoms with Crippen molar-refractivity contribution >= 4 is 56.6 Å². The zero-order valence-electron chi connectivity index (χ0n) is 20.7. The van der Waals surface area contributed by atoms with Gasteiger partial charge in [0.25, 0.3) is 11.4 Å². The quantitative estimate of drug-likeness (QED) is 0.0958. The Labute approximate surface area is 233 Å². The molecule has 2 heterocycles. The summed E-state index contributed by atoms with van der Waals surface area (Å²) in [4.78, 5) is 37.3. The van der Waals surface area contributed by atoms with E-state index in [1.165, 1.54) is 24.4 Å². The summed E-state index contributed by atoms with van der Waals surface area (Å²) < 4.78 is 40.9. The molecule has 5 aromatic rings. The average molecular weight is 587 g/mol. The van der Waals surface area contributed by atoms with Gasteiger partial charge in [-0.05, 0) is 42.8 Å². The van der Waals surface area contributed by atoms with Crippen molar-refractivity contribution in [2.24, 2.45) is 0 Å². The first-order valence-corrected chi connectivity index (χ1v) is 11.7. The van der Waals surface area contributed by atoms with Gasteiger partial charge in [0, 0.05) is 47.4 Å². The lowest BCUT2D eigenvalue weighted by atomic mass is 10.1. The van der Waals surface area contributed by atoms with Crippen LogP contribution in [0.25, 0.3) is 21.9 Å². The third-order valence-corrected chi connectivity index (χ3v) is 5.91. The van der Waals surface area contributed by atoms with Gasteiger partial charge in [-0.3, -0.25) is 25.2 Å². The molecule has 0 radical (unpaired) electrons. The SMILES string of the molecule is Cc1cncc(Cl)c1N.O=C(Oc1ccc([N+](=O)[O-])cc1)c1ccc(OC(F)F)c2oc3ccc([N+](=O)[O-])cc3c12. The summed E-state index contributed by atoms with van der Waals surface area (Å²) in [6.45, 7) is -1.31. The van der Waals surface area contributed by atoms with Gasteiger partial charge in [0.2, 0.25) is 0 Å². The van der Waals surface area contributed by atoms with Crippen LogP contribution >= 0.6 is 11.6 Å². The summed E-state index contributed by atoms with van der Waals surface area (Å²) in [5.74, 6) is -1.33. The number of benzene rings is 3. The topological polar surface area (TPSA) is 174 Å². The average Bonchev–Trinajstić information content (AvgIpc) is 3.31. The predicted molar refractivity (Wildman–Crippen MR) is 143 cm³/mol. The minimum Gasteiger partial charge on any atom is -0.452 e. The van der Waals surface area contributed by atoms with Crippen LogP contribution in [0.2, 0.25) is 5.02 Å². The molecule has 0 amide bonds. The van der Waals surface area contributed by atoms with Gasteiger partial charge in [-0.1, -0.05) is 11.6 Å². The molecule has 0 saturated heterocycles. The molecule has 2 aromatic heterocycles. The molecule has 2 N–H and O–H groups in total. The van der Waals surface area contributed by atoms with Crippen LogP contribution in [-0.4, -0.2) is 27.4 Å². The number of pyridine rings is 1. The normalized spacial score (nSPS) is 10.8. The molecule has 0 unspecified atom stereocenters. The number of aromatic nitrogens is 1. The maximum Gasteiger partial charge on any atom is 0.387 e. The van der Waals surface area contributed by atoms with E-state index in [0.717, 1.165) is 42.0 Å². The first-order valence-electron chi connectivity index (χ1n) is 11.4. The highest BCUT2D eigenvalue weighted by atomic mass is 35.5. The predicted octanol–water partition coefficient (Wildman–Crippen LogP) is 6.85. The molecule has 0 bridgehead atoms. The highest BCUT2D eigenvalue weighted by molar-refractivity contribution is 6.33. The summed E-state index contributed by atoms with van der Waals surface area (Å²) >= 11 is 5.63. The Morgan fingerprint density at radius 2 is 1.68 bits per heavy atom. The van der Waals surface area contributed by atoms with Crippen LogP contribution in [0.15, 0.2) is 71.4 Å². The molecule has 0 saturated carbocycles. The van der Waals surface area contributed by atoms with Crippen molar-refractivity contribution in [3.05, 3.63) is 103 Å². The zero-order valence-corrected chi connectivity index (χ0v) is 21.5. The number of furan rings is 1. The number of hydrogen-bond donors (Lipinski definition) is 1. The fourth-order valence-electron chi connectivity index (χ4n) is 3.66. The molecule has 0 fully saturated rings. The van der Waals surface area contributed by atoms with E-state index in [9.17, 15) is 33.8 Å². The van der Waals surface area contributed by atoms with E-state index in [0.29, 0.717) is 10.7 Å². The minimum absolute atomic E-state index is 0.0135. The molecule has 0 atom stereocenters. The third-order valence-electron chi connectivity index (χ3n) is 5.61. The highest BCUT2D eigenvalue weighted by Gasteiger charge is 2.24. The number of fused-ring (bicyclic) bond motifs is 3. The van der Waals surface area contributed by atoms with E-state index in [1.807, 2.05) is 6.92 Å². The van der Waals surface area contributed by atoms with Crippen LogP contribution in [0.5, 0.6) is 11.5 Å². The van der Waals surface area contributed by atoms with Crippen LogP contribution < -0.4 is 15.2 Å². The van der Waals surface area contributed by atoms with Gasteiger partial charge in [-0.25, -0.2) is 4.79 Å². The summed E-state index contributed by atoms with van der Waals surface area (Å²) in [5.41, 5.74) is 6.26. The number of anilines is 1. The molecule has 12 nitrogen and oxygen atoms in total. The number of nitro benzene ring substituents is 2. The molecule has 0 spiro atoms. The van der Waals surface area contributed by atoms with Gasteiger partial charge in [-0.15, -0.1) is 0 Å². The van der Waals surface area contributed by atoms with Gasteiger partial charge >= 0.3 is 12.6 Å². The first-order chi connectivity index (χ1) is 19.5. The van der Waals surface area contributed by atoms with Gasteiger partial charge in [-0.2, -0.15) is 8.78 Å². The third kappa shape index (κ3) is 6.28. The number of nitrogen functional groups attached to an aromatic ring is 1. The number of alkyl halides is 2. The van der Waals surface area contributed by atoms with Crippen molar-refractivity contribution in [1.82, 2.24) is 4.98 Å². The van der Waals surface area contributed by atoms with Gasteiger partial charge in [0.1, 0.15) is 11.3 Å². The minimum atomic E-state index is -3.18. The molecular formula is C26H17ClF2N4O8. The summed E-state index contributed by atoms with van der Waals surface area (Å²) in [5, 5.41) is 22.5. The van der Waals surface area contributed by atoms with Crippen LogP contribution in [0.4, 0.5) is 25.8 Å². The Morgan fingerprint density at radius 1 is 1.02 bits per heavy atom. The molecule has 0 aliphatic rings. The van der Waals surface area contributed by atoms with Crippen LogP contribution in [0.1, 0.15) is 15.9 Å². The zero-order chi connectivity index (χ0) is 29.8. The molecule has 5 rings (SSSR count). The van der Waals surface area contributed by atoms with E-state index in [2.05, 4.69) is 9.72 Å². The van der Waals surface area contributed by atoms with Crippen molar-refractivity contribution in [2.75, 3.05) is 5.73 Å². The van der Waals surface area contributed by atoms with E-state index in [-0.39, 0.29) is 50.4 Å². The fourth-order valence-corrected chi connectivity index (χ4v) is 3.86. The lowest BCUT2D eigenvalue weighted by molar-refractivity contribution is -0.385. The Hall–Kier alpha value is -5.37. The molecule has 15 heteroatoms. The number of nitro groups is 2. The van der Waals surface area contributed by atoms with Crippen LogP contribution in [-0.2, 0) is 0 Å². The number of nitrogens with two attached hydrogens (primary N) is 1. The van der Waals surface area contributed by atoms with Gasteiger partial charge < -0.3 is 19.6 Å². The largest absolute Gasteiger partial charge is 0.452 e. The number of hydrogen-bond acceptors (Lipinski definition) is 10. The monoisotopic (exact) mass is 586 g/mol. The molecule has 0 aliphatic heterocycles. The number of nitrogens with zero attached hydrogens (tertiary/aromatic N) is 3. The van der Waals surface area contributed by atoms with E-state index in [4.69, 9.17) is 26.5 Å². The molecule has 41 heavy (non-hydrogen) atoms. The standard InChI is InChI=1S/C20H10F2N2O8.C6H7ClN2/c21-20(22)32-16-8-6-13(19(25)30-12-4-1-10(2-5-12)23(26)27)17-14-9-11(24(28)29)3-7-15(14)31-18(16)17;1-4-2-9-3-5(7)6(4)8/h1-9,20H;2-3H,1H3,(H2,8,9). The van der Waals surface area contributed by atoms with Crippen molar-refractivity contribution in [1.29, 1.82) is 0 Å². The molecule has 3 aromatic carbocycles. The number of carbonyl (C=O) groups is 1.